The molecule has 0 bridgehead atoms. The van der Waals surface area contributed by atoms with Gasteiger partial charge in [0.2, 0.25) is 5.82 Å². The SMILES string of the molecule is Cc1nc(C(=O)N2CC(O)(CO)C2)nn1-c1ccc(Cl)cc1. The molecular weight excluding hydrogens is 308 g/mol. The number of aromatic nitrogens is 3. The Morgan fingerprint density at radius 1 is 1.36 bits per heavy atom. The van der Waals surface area contributed by atoms with E-state index >= 15 is 0 Å². The van der Waals surface area contributed by atoms with Gasteiger partial charge in [-0.1, -0.05) is 11.6 Å². The number of hydrogen-bond donors (Lipinski definition) is 2. The van der Waals surface area contributed by atoms with Gasteiger partial charge in [0.05, 0.1) is 25.4 Å². The number of aryl methyl sites for hydroxylation is 1. The van der Waals surface area contributed by atoms with Crippen molar-refractivity contribution in [3.8, 4) is 5.69 Å². The summed E-state index contributed by atoms with van der Waals surface area (Å²) in [7, 11) is 0. The molecule has 2 N–H and O–H groups in total. The Morgan fingerprint density at radius 3 is 2.59 bits per heavy atom. The van der Waals surface area contributed by atoms with Crippen molar-refractivity contribution in [3.05, 3.63) is 40.9 Å². The van der Waals surface area contributed by atoms with Gasteiger partial charge in [-0.2, -0.15) is 0 Å². The highest BCUT2D eigenvalue weighted by molar-refractivity contribution is 6.30. The van der Waals surface area contributed by atoms with Crippen molar-refractivity contribution in [2.24, 2.45) is 0 Å². The Labute approximate surface area is 131 Å². The van der Waals surface area contributed by atoms with Crippen LogP contribution >= 0.6 is 11.6 Å². The van der Waals surface area contributed by atoms with Gasteiger partial charge in [0.25, 0.3) is 5.91 Å². The number of nitrogens with zero attached hydrogens (tertiary/aromatic N) is 4. The number of halogens is 1. The number of aliphatic hydroxyl groups is 2. The van der Waals surface area contributed by atoms with Crippen LogP contribution in [-0.4, -0.2) is 61.1 Å². The molecule has 0 aliphatic carbocycles. The van der Waals surface area contributed by atoms with E-state index in [1.165, 1.54) is 4.90 Å². The summed E-state index contributed by atoms with van der Waals surface area (Å²) >= 11 is 5.85. The highest BCUT2D eigenvalue weighted by Crippen LogP contribution is 2.22. The number of rotatable bonds is 3. The van der Waals surface area contributed by atoms with Crippen molar-refractivity contribution in [2.75, 3.05) is 19.7 Å². The van der Waals surface area contributed by atoms with Gasteiger partial charge in [-0.15, -0.1) is 5.10 Å². The second-order valence-electron chi connectivity index (χ2n) is 5.41. The zero-order valence-electron chi connectivity index (χ0n) is 11.9. The lowest BCUT2D eigenvalue weighted by Crippen LogP contribution is -2.65. The third-order valence-electron chi connectivity index (χ3n) is 3.58. The minimum absolute atomic E-state index is 0.0624. The number of aliphatic hydroxyl groups excluding tert-OH is 1. The maximum Gasteiger partial charge on any atom is 0.293 e. The first-order chi connectivity index (χ1) is 10.4. The fourth-order valence-corrected chi connectivity index (χ4v) is 2.48. The number of likely N-dealkylation sites (tertiary alicyclic amines) is 1. The summed E-state index contributed by atoms with van der Waals surface area (Å²) in [6.07, 6.45) is 0. The molecule has 2 heterocycles. The van der Waals surface area contributed by atoms with Crippen molar-refractivity contribution in [2.45, 2.75) is 12.5 Å². The van der Waals surface area contributed by atoms with Gasteiger partial charge in [0, 0.05) is 5.02 Å². The summed E-state index contributed by atoms with van der Waals surface area (Å²) in [6.45, 7) is 1.54. The molecule has 0 spiro atoms. The predicted molar refractivity (Wildman–Crippen MR) is 79.0 cm³/mol. The number of β-amino-alcohol motifs (C(OH)–C–C–N with tert-alkyl or cyclic N) is 1. The first-order valence-electron chi connectivity index (χ1n) is 6.74. The third-order valence-corrected chi connectivity index (χ3v) is 3.84. The van der Waals surface area contributed by atoms with Gasteiger partial charge in [-0.05, 0) is 31.2 Å². The largest absolute Gasteiger partial charge is 0.393 e. The summed E-state index contributed by atoms with van der Waals surface area (Å²) in [6, 6.07) is 7.03. The zero-order chi connectivity index (χ0) is 15.9. The van der Waals surface area contributed by atoms with Crippen LogP contribution in [0.3, 0.4) is 0 Å². The van der Waals surface area contributed by atoms with Crippen LogP contribution in [0, 0.1) is 6.92 Å². The van der Waals surface area contributed by atoms with Crippen molar-refractivity contribution in [1.29, 1.82) is 0 Å². The van der Waals surface area contributed by atoms with E-state index in [1.54, 1.807) is 35.9 Å². The lowest BCUT2D eigenvalue weighted by Gasteiger charge is -2.44. The van der Waals surface area contributed by atoms with Crippen LogP contribution in [0.2, 0.25) is 5.02 Å². The van der Waals surface area contributed by atoms with Crippen LogP contribution < -0.4 is 0 Å². The Morgan fingerprint density at radius 2 is 2.00 bits per heavy atom. The maximum absolute atomic E-state index is 12.3. The van der Waals surface area contributed by atoms with Gasteiger partial charge in [-0.25, -0.2) is 9.67 Å². The molecule has 0 unspecified atom stereocenters. The van der Waals surface area contributed by atoms with Gasteiger partial charge in [0.1, 0.15) is 11.4 Å². The van der Waals surface area contributed by atoms with Gasteiger partial charge >= 0.3 is 0 Å². The minimum atomic E-state index is -1.20. The van der Waals surface area contributed by atoms with Gasteiger partial charge < -0.3 is 15.1 Å². The van der Waals surface area contributed by atoms with E-state index in [2.05, 4.69) is 10.1 Å². The van der Waals surface area contributed by atoms with Crippen LogP contribution in [-0.2, 0) is 0 Å². The number of carbonyl (C=O) groups excluding carboxylic acids is 1. The second-order valence-corrected chi connectivity index (χ2v) is 5.85. The molecule has 116 valence electrons. The van der Waals surface area contributed by atoms with E-state index in [0.29, 0.717) is 10.8 Å². The lowest BCUT2D eigenvalue weighted by atomic mass is 9.95. The van der Waals surface area contributed by atoms with E-state index in [0.717, 1.165) is 5.69 Å². The molecule has 1 amide bonds. The van der Waals surface area contributed by atoms with Crippen molar-refractivity contribution >= 4 is 17.5 Å². The van der Waals surface area contributed by atoms with Crippen LogP contribution in [0.25, 0.3) is 5.69 Å². The van der Waals surface area contributed by atoms with Gasteiger partial charge in [-0.3, -0.25) is 4.79 Å². The summed E-state index contributed by atoms with van der Waals surface area (Å²) in [5.74, 6) is 0.269. The number of carbonyl (C=O) groups is 1. The number of hydrogen-bond acceptors (Lipinski definition) is 5. The average molecular weight is 323 g/mol. The minimum Gasteiger partial charge on any atom is -0.393 e. The fraction of sp³-hybridized carbons (Fsp3) is 0.357. The Balaban J connectivity index is 1.81. The topological polar surface area (TPSA) is 91.5 Å². The van der Waals surface area contributed by atoms with Crippen molar-refractivity contribution in [1.82, 2.24) is 19.7 Å². The van der Waals surface area contributed by atoms with Crippen molar-refractivity contribution < 1.29 is 15.0 Å². The number of amides is 1. The molecule has 1 aromatic carbocycles. The lowest BCUT2D eigenvalue weighted by molar-refractivity contribution is -0.110. The monoisotopic (exact) mass is 322 g/mol. The van der Waals surface area contributed by atoms with E-state index in [-0.39, 0.29) is 31.4 Å². The quantitative estimate of drug-likeness (QED) is 0.854. The Kier molecular flexibility index (Phi) is 3.64. The smallest absolute Gasteiger partial charge is 0.293 e. The van der Waals surface area contributed by atoms with Gasteiger partial charge in [0.15, 0.2) is 0 Å². The average Bonchev–Trinajstić information content (AvgIpc) is 2.86. The molecule has 8 heteroatoms. The summed E-state index contributed by atoms with van der Waals surface area (Å²) < 4.78 is 1.56. The molecule has 0 atom stereocenters. The van der Waals surface area contributed by atoms with E-state index in [9.17, 15) is 9.90 Å². The first-order valence-corrected chi connectivity index (χ1v) is 7.12. The summed E-state index contributed by atoms with van der Waals surface area (Å²) in [5, 5.41) is 23.6. The fourth-order valence-electron chi connectivity index (χ4n) is 2.36. The van der Waals surface area contributed by atoms with Crippen LogP contribution in [0.5, 0.6) is 0 Å². The molecule has 22 heavy (non-hydrogen) atoms. The normalized spacial score (nSPS) is 16.5. The molecule has 3 rings (SSSR count). The van der Waals surface area contributed by atoms with Crippen LogP contribution in [0.4, 0.5) is 0 Å². The molecule has 1 aliphatic rings. The molecule has 1 saturated heterocycles. The van der Waals surface area contributed by atoms with Crippen LogP contribution in [0.1, 0.15) is 16.4 Å². The molecule has 0 saturated carbocycles. The highest BCUT2D eigenvalue weighted by atomic mass is 35.5. The molecular formula is C14H15ClN4O3. The predicted octanol–water partition coefficient (Wildman–Crippen LogP) is 0.408. The molecule has 1 aliphatic heterocycles. The third kappa shape index (κ3) is 2.58. The van der Waals surface area contributed by atoms with E-state index < -0.39 is 5.60 Å². The molecule has 1 aromatic heterocycles. The highest BCUT2D eigenvalue weighted by Gasteiger charge is 2.44. The number of benzene rings is 1. The first kappa shape index (κ1) is 15.0. The second kappa shape index (κ2) is 5.35. The van der Waals surface area contributed by atoms with E-state index in [4.69, 9.17) is 16.7 Å². The molecule has 1 fully saturated rings. The zero-order valence-corrected chi connectivity index (χ0v) is 12.7. The molecule has 0 radical (unpaired) electrons. The Hall–Kier alpha value is -1.96. The summed E-state index contributed by atoms with van der Waals surface area (Å²) in [4.78, 5) is 17.8. The standard InChI is InChI=1S/C14H15ClN4O3/c1-9-16-12(13(21)18-6-14(22,7-18)8-20)17-19(9)11-4-2-10(15)3-5-11/h2-5,20,22H,6-8H2,1H3. The van der Waals surface area contributed by atoms with Crippen molar-refractivity contribution in [3.63, 3.8) is 0 Å². The van der Waals surface area contributed by atoms with Crippen LogP contribution in [0.15, 0.2) is 24.3 Å². The molecule has 7 nitrogen and oxygen atoms in total. The van der Waals surface area contributed by atoms with E-state index in [1.807, 2.05) is 0 Å². The summed E-state index contributed by atoms with van der Waals surface area (Å²) in [5.41, 5.74) is -0.451. The Bertz CT molecular complexity index is 707. The maximum atomic E-state index is 12.3. The molecule has 2 aromatic rings.